The molecule has 0 aliphatic carbocycles. The van der Waals surface area contributed by atoms with Gasteiger partial charge in [0, 0.05) is 16.9 Å². The first-order valence-electron chi connectivity index (χ1n) is 5.19. The number of aromatic carboxylic acids is 1. The van der Waals surface area contributed by atoms with Crippen LogP contribution in [0, 0.1) is 0 Å². The molecule has 0 aliphatic rings. The van der Waals surface area contributed by atoms with Gasteiger partial charge in [-0.3, -0.25) is 4.21 Å². The molecule has 0 saturated heterocycles. The minimum atomic E-state index is -3.03. The predicted molar refractivity (Wildman–Crippen MR) is 69.0 cm³/mol. The predicted octanol–water partition coefficient (Wildman–Crippen LogP) is 0.927. The van der Waals surface area contributed by atoms with Gasteiger partial charge < -0.3 is 5.11 Å². The molecule has 1 N–H and O–H groups in total. The van der Waals surface area contributed by atoms with E-state index in [4.69, 9.17) is 5.11 Å². The Morgan fingerprint density at radius 2 is 1.83 bits per heavy atom. The summed E-state index contributed by atoms with van der Waals surface area (Å²) in [4.78, 5) is 11.1. The van der Waals surface area contributed by atoms with E-state index in [-0.39, 0.29) is 17.1 Å². The molecule has 0 fully saturated rings. The maximum Gasteiger partial charge on any atom is 0.335 e. The first kappa shape index (κ1) is 14.8. The van der Waals surface area contributed by atoms with E-state index < -0.39 is 26.6 Å². The molecule has 0 heterocycles. The molecule has 0 saturated carbocycles. The van der Waals surface area contributed by atoms with Gasteiger partial charge in [0.15, 0.2) is 0 Å². The number of sulfone groups is 1. The van der Waals surface area contributed by atoms with Crippen molar-refractivity contribution in [1.29, 1.82) is 0 Å². The Bertz CT molecular complexity index is 545. The van der Waals surface area contributed by atoms with E-state index in [2.05, 4.69) is 0 Å². The zero-order valence-electron chi connectivity index (χ0n) is 9.83. The summed E-state index contributed by atoms with van der Waals surface area (Å²) >= 11 is 0. The molecule has 1 aromatic rings. The lowest BCUT2D eigenvalue weighted by Crippen LogP contribution is -2.08. The highest BCUT2D eigenvalue weighted by Crippen LogP contribution is 2.10. The van der Waals surface area contributed by atoms with Crippen LogP contribution >= 0.6 is 0 Å². The molecule has 1 rings (SSSR count). The number of rotatable bonds is 6. The van der Waals surface area contributed by atoms with Crippen LogP contribution in [0.1, 0.15) is 16.8 Å². The molecular weight excluding hydrogens is 276 g/mol. The maximum absolute atomic E-state index is 11.8. The van der Waals surface area contributed by atoms with Crippen molar-refractivity contribution in [2.45, 2.75) is 11.3 Å². The van der Waals surface area contributed by atoms with Crippen molar-refractivity contribution >= 4 is 26.6 Å². The molecule has 0 bridgehead atoms. The number of benzene rings is 1. The van der Waals surface area contributed by atoms with Crippen molar-refractivity contribution in [3.8, 4) is 0 Å². The Morgan fingerprint density at radius 1 is 1.28 bits per heavy atom. The first-order valence-corrected chi connectivity index (χ1v) is 8.57. The van der Waals surface area contributed by atoms with Crippen molar-refractivity contribution in [3.05, 3.63) is 29.8 Å². The van der Waals surface area contributed by atoms with Gasteiger partial charge in [-0.2, -0.15) is 0 Å². The molecule has 0 aromatic heterocycles. The maximum atomic E-state index is 11.8. The van der Waals surface area contributed by atoms with E-state index in [1.165, 1.54) is 24.3 Å². The molecule has 1 aromatic carbocycles. The molecule has 0 amide bonds. The van der Waals surface area contributed by atoms with Gasteiger partial charge in [0.25, 0.3) is 0 Å². The van der Waals surface area contributed by atoms with Gasteiger partial charge in [0.05, 0.1) is 22.1 Å². The Labute approximate surface area is 108 Å². The molecule has 1 atom stereocenters. The third-order valence-corrected chi connectivity index (χ3v) is 4.70. The lowest BCUT2D eigenvalue weighted by molar-refractivity contribution is 0.0697. The van der Waals surface area contributed by atoms with Crippen molar-refractivity contribution < 1.29 is 22.5 Å². The molecule has 0 spiro atoms. The average Bonchev–Trinajstić information content (AvgIpc) is 2.27. The minimum absolute atomic E-state index is 0.00590. The summed E-state index contributed by atoms with van der Waals surface area (Å²) in [7, 11) is -4.33. The Kier molecular flexibility index (Phi) is 5.03. The Balaban J connectivity index is 2.59. The minimum Gasteiger partial charge on any atom is -0.478 e. The number of carboxylic acid groups (broad SMARTS) is 1. The summed E-state index contributed by atoms with van der Waals surface area (Å²) in [6, 6.07) is 5.73. The van der Waals surface area contributed by atoms with Crippen molar-refractivity contribution in [2.24, 2.45) is 0 Å². The monoisotopic (exact) mass is 290 g/mol. The highest BCUT2D eigenvalue weighted by Gasteiger charge is 2.08. The summed E-state index contributed by atoms with van der Waals surface area (Å²) in [5.41, 5.74) is 0.131. The van der Waals surface area contributed by atoms with E-state index in [1.807, 2.05) is 0 Å². The fourth-order valence-electron chi connectivity index (χ4n) is 1.32. The number of hydrogen-bond donors (Lipinski definition) is 1. The Morgan fingerprint density at radius 3 is 2.28 bits per heavy atom. The second kappa shape index (κ2) is 6.10. The van der Waals surface area contributed by atoms with Gasteiger partial charge in [-0.15, -0.1) is 0 Å². The molecule has 100 valence electrons. The van der Waals surface area contributed by atoms with Crippen molar-refractivity contribution in [1.82, 2.24) is 0 Å². The number of carboxylic acids is 1. The van der Waals surface area contributed by atoms with Crippen LogP contribution < -0.4 is 0 Å². The number of carbonyl (C=O) groups is 1. The van der Waals surface area contributed by atoms with Crippen molar-refractivity contribution in [2.75, 3.05) is 17.8 Å². The van der Waals surface area contributed by atoms with Gasteiger partial charge >= 0.3 is 5.97 Å². The summed E-state index contributed by atoms with van der Waals surface area (Å²) in [5, 5.41) is 8.70. The lowest BCUT2D eigenvalue weighted by atomic mass is 10.2. The third-order valence-electron chi connectivity index (χ3n) is 2.21. The summed E-state index contributed by atoms with van der Waals surface area (Å²) < 4.78 is 33.6. The quantitative estimate of drug-likeness (QED) is 0.842. The molecule has 7 heteroatoms. The van der Waals surface area contributed by atoms with Crippen LogP contribution in [0.2, 0.25) is 0 Å². The SMILES string of the molecule is CS(=O)(=O)CCCS(=O)c1ccc(C(=O)O)cc1. The zero-order chi connectivity index (χ0) is 13.8. The van der Waals surface area contributed by atoms with Gasteiger partial charge in [-0.25, -0.2) is 13.2 Å². The Hall–Kier alpha value is -1.21. The summed E-state index contributed by atoms with van der Waals surface area (Å²) in [6.45, 7) is 0. The van der Waals surface area contributed by atoms with Crippen LogP contribution in [0.15, 0.2) is 29.2 Å². The van der Waals surface area contributed by atoms with Gasteiger partial charge in [0.1, 0.15) is 9.84 Å². The average molecular weight is 290 g/mol. The van der Waals surface area contributed by atoms with E-state index in [1.54, 1.807) is 0 Å². The second-order valence-electron chi connectivity index (χ2n) is 3.86. The summed E-state index contributed by atoms with van der Waals surface area (Å²) in [6.07, 6.45) is 1.46. The fourth-order valence-corrected chi connectivity index (χ4v) is 3.25. The van der Waals surface area contributed by atoms with E-state index in [9.17, 15) is 17.4 Å². The molecule has 0 radical (unpaired) electrons. The summed E-state index contributed by atoms with van der Waals surface area (Å²) in [5.74, 6) is -0.782. The van der Waals surface area contributed by atoms with Crippen LogP contribution in [-0.4, -0.2) is 41.5 Å². The van der Waals surface area contributed by atoms with Crippen LogP contribution in [0.4, 0.5) is 0 Å². The highest BCUT2D eigenvalue weighted by atomic mass is 32.2. The van der Waals surface area contributed by atoms with Crippen LogP contribution in [0.3, 0.4) is 0 Å². The van der Waals surface area contributed by atoms with E-state index in [0.29, 0.717) is 11.3 Å². The normalized spacial score (nSPS) is 13.2. The second-order valence-corrected chi connectivity index (χ2v) is 7.69. The van der Waals surface area contributed by atoms with Gasteiger partial charge in [0.2, 0.25) is 0 Å². The van der Waals surface area contributed by atoms with Crippen LogP contribution in [0.5, 0.6) is 0 Å². The van der Waals surface area contributed by atoms with Gasteiger partial charge in [-0.1, -0.05) is 0 Å². The van der Waals surface area contributed by atoms with Crippen LogP contribution in [-0.2, 0) is 20.6 Å². The van der Waals surface area contributed by atoms with Gasteiger partial charge in [-0.05, 0) is 30.7 Å². The molecule has 0 aliphatic heterocycles. The molecule has 1 unspecified atom stereocenters. The van der Waals surface area contributed by atoms with Crippen molar-refractivity contribution in [3.63, 3.8) is 0 Å². The van der Waals surface area contributed by atoms with E-state index >= 15 is 0 Å². The third kappa shape index (κ3) is 4.97. The number of hydrogen-bond acceptors (Lipinski definition) is 4. The molecular formula is C11H14O5S2. The standard InChI is InChI=1S/C11H14O5S2/c1-18(15,16)8-2-7-17(14)10-5-3-9(4-6-10)11(12)13/h3-6H,2,7-8H2,1H3,(H,12,13). The lowest BCUT2D eigenvalue weighted by Gasteiger charge is -2.02. The molecule has 18 heavy (non-hydrogen) atoms. The molecule has 5 nitrogen and oxygen atoms in total. The first-order chi connectivity index (χ1) is 8.29. The van der Waals surface area contributed by atoms with E-state index in [0.717, 1.165) is 6.26 Å². The smallest absolute Gasteiger partial charge is 0.335 e. The zero-order valence-corrected chi connectivity index (χ0v) is 11.5. The highest BCUT2D eigenvalue weighted by molar-refractivity contribution is 7.90. The fraction of sp³-hybridized carbons (Fsp3) is 0.364. The largest absolute Gasteiger partial charge is 0.478 e. The topological polar surface area (TPSA) is 88.5 Å². The van der Waals surface area contributed by atoms with Crippen LogP contribution in [0.25, 0.3) is 0 Å².